The van der Waals surface area contributed by atoms with Crippen LogP contribution in [-0.4, -0.2) is 53.7 Å². The minimum Gasteiger partial charge on any atom is -0.454 e. The monoisotopic (exact) mass is 359 g/mol. The molecule has 0 saturated carbocycles. The lowest BCUT2D eigenvalue weighted by Crippen LogP contribution is -2.48. The van der Waals surface area contributed by atoms with E-state index in [4.69, 9.17) is 9.47 Å². The molecule has 0 spiro atoms. The Bertz CT molecular complexity index is 769. The molecule has 4 rings (SSSR count). The van der Waals surface area contributed by atoms with Crippen molar-refractivity contribution in [1.29, 1.82) is 0 Å². The zero-order valence-electron chi connectivity index (χ0n) is 14.2. The van der Waals surface area contributed by atoms with Crippen molar-refractivity contribution in [3.05, 3.63) is 39.8 Å². The van der Waals surface area contributed by atoms with E-state index in [9.17, 15) is 4.79 Å². The maximum absolute atomic E-state index is 12.7. The van der Waals surface area contributed by atoms with E-state index >= 15 is 0 Å². The van der Waals surface area contributed by atoms with Gasteiger partial charge in [0.1, 0.15) is 0 Å². The maximum atomic E-state index is 12.7. The summed E-state index contributed by atoms with van der Waals surface area (Å²) in [5, 5.41) is 3.33. The number of ether oxygens (including phenoxy) is 2. The summed E-state index contributed by atoms with van der Waals surface area (Å²) < 4.78 is 10.7. The fraction of sp³-hybridized carbons (Fsp3) is 0.444. The molecule has 7 heteroatoms. The van der Waals surface area contributed by atoms with Crippen LogP contribution in [0.15, 0.2) is 23.6 Å². The van der Waals surface area contributed by atoms with E-state index in [-0.39, 0.29) is 12.7 Å². The van der Waals surface area contributed by atoms with Crippen LogP contribution in [0.2, 0.25) is 0 Å². The minimum absolute atomic E-state index is 0.0554. The second-order valence-electron chi connectivity index (χ2n) is 6.22. The number of fused-ring (bicyclic) bond motifs is 1. The summed E-state index contributed by atoms with van der Waals surface area (Å²) in [6, 6.07) is 5.39. The number of benzene rings is 1. The standard InChI is InChI=1S/C18H21N3O3S/c1-2-17-19-14(11-25-17)10-20-5-7-21(8-6-20)18(22)13-3-4-15-16(9-13)24-12-23-15/h3-4,9,11H,2,5-8,10,12H2,1H3. The number of amides is 1. The Hall–Kier alpha value is -2.12. The molecule has 0 N–H and O–H groups in total. The van der Waals surface area contributed by atoms with Gasteiger partial charge in [-0.05, 0) is 24.6 Å². The number of rotatable bonds is 4. The first-order valence-electron chi connectivity index (χ1n) is 8.57. The number of hydrogen-bond acceptors (Lipinski definition) is 6. The number of aromatic nitrogens is 1. The van der Waals surface area contributed by atoms with Crippen molar-refractivity contribution >= 4 is 17.2 Å². The van der Waals surface area contributed by atoms with Crippen molar-refractivity contribution in [3.63, 3.8) is 0 Å². The smallest absolute Gasteiger partial charge is 0.254 e. The largest absolute Gasteiger partial charge is 0.454 e. The predicted molar refractivity (Wildman–Crippen MR) is 95.2 cm³/mol. The Balaban J connectivity index is 1.34. The first kappa shape index (κ1) is 16.4. The third kappa shape index (κ3) is 3.48. The molecule has 1 saturated heterocycles. The molecule has 0 bridgehead atoms. The van der Waals surface area contributed by atoms with Crippen LogP contribution in [0.1, 0.15) is 28.0 Å². The molecule has 1 fully saturated rings. The number of piperazine rings is 1. The first-order chi connectivity index (χ1) is 12.2. The van der Waals surface area contributed by atoms with Gasteiger partial charge in [0.15, 0.2) is 11.5 Å². The molecule has 0 radical (unpaired) electrons. The average molecular weight is 359 g/mol. The Labute approximate surface area is 151 Å². The molecule has 2 aromatic rings. The lowest BCUT2D eigenvalue weighted by Gasteiger charge is -2.34. The topological polar surface area (TPSA) is 54.9 Å². The van der Waals surface area contributed by atoms with E-state index in [0.29, 0.717) is 17.1 Å². The molecule has 0 unspecified atom stereocenters. The van der Waals surface area contributed by atoms with Gasteiger partial charge in [-0.3, -0.25) is 9.69 Å². The van der Waals surface area contributed by atoms with Crippen molar-refractivity contribution in [1.82, 2.24) is 14.8 Å². The molecule has 25 heavy (non-hydrogen) atoms. The maximum Gasteiger partial charge on any atom is 0.254 e. The minimum atomic E-state index is 0.0554. The third-order valence-electron chi connectivity index (χ3n) is 4.57. The highest BCUT2D eigenvalue weighted by Gasteiger charge is 2.24. The van der Waals surface area contributed by atoms with E-state index < -0.39 is 0 Å². The van der Waals surface area contributed by atoms with Gasteiger partial charge in [-0.2, -0.15) is 0 Å². The van der Waals surface area contributed by atoms with E-state index in [2.05, 4.69) is 22.2 Å². The summed E-state index contributed by atoms with van der Waals surface area (Å²) in [4.78, 5) is 21.6. The second-order valence-corrected chi connectivity index (χ2v) is 7.17. The quantitative estimate of drug-likeness (QED) is 0.839. The molecule has 2 aliphatic rings. The van der Waals surface area contributed by atoms with Gasteiger partial charge >= 0.3 is 0 Å². The van der Waals surface area contributed by atoms with Crippen molar-refractivity contribution < 1.29 is 14.3 Å². The van der Waals surface area contributed by atoms with Gasteiger partial charge in [0, 0.05) is 43.7 Å². The molecule has 132 valence electrons. The summed E-state index contributed by atoms with van der Waals surface area (Å²) in [5.74, 6) is 1.41. The SMILES string of the molecule is CCc1nc(CN2CCN(C(=O)c3ccc4c(c3)OCO4)CC2)cs1. The fourth-order valence-electron chi connectivity index (χ4n) is 3.13. The molecular weight excluding hydrogens is 338 g/mol. The van der Waals surface area contributed by atoms with E-state index in [0.717, 1.165) is 44.8 Å². The van der Waals surface area contributed by atoms with Gasteiger partial charge in [-0.1, -0.05) is 6.92 Å². The van der Waals surface area contributed by atoms with Crippen molar-refractivity contribution in [3.8, 4) is 11.5 Å². The highest BCUT2D eigenvalue weighted by atomic mass is 32.1. The summed E-state index contributed by atoms with van der Waals surface area (Å²) in [5.41, 5.74) is 1.79. The molecule has 1 amide bonds. The molecule has 2 aliphatic heterocycles. The van der Waals surface area contributed by atoms with Gasteiger partial charge < -0.3 is 14.4 Å². The number of aryl methyl sites for hydroxylation is 1. The Morgan fingerprint density at radius 2 is 2.00 bits per heavy atom. The van der Waals surface area contributed by atoms with Crippen LogP contribution in [0.3, 0.4) is 0 Å². The Kier molecular flexibility index (Phi) is 4.59. The summed E-state index contributed by atoms with van der Waals surface area (Å²) in [6.07, 6.45) is 0.989. The molecule has 3 heterocycles. The Morgan fingerprint density at radius 1 is 1.20 bits per heavy atom. The van der Waals surface area contributed by atoms with Gasteiger partial charge in [0.25, 0.3) is 5.91 Å². The summed E-state index contributed by atoms with van der Waals surface area (Å²) in [6.45, 7) is 6.42. The molecule has 0 atom stereocenters. The molecule has 1 aromatic carbocycles. The van der Waals surface area contributed by atoms with Crippen LogP contribution in [-0.2, 0) is 13.0 Å². The van der Waals surface area contributed by atoms with Gasteiger partial charge in [0.05, 0.1) is 10.7 Å². The highest BCUT2D eigenvalue weighted by Crippen LogP contribution is 2.32. The van der Waals surface area contributed by atoms with Crippen LogP contribution in [0.25, 0.3) is 0 Å². The van der Waals surface area contributed by atoms with Crippen LogP contribution >= 0.6 is 11.3 Å². The molecule has 0 aliphatic carbocycles. The summed E-state index contributed by atoms with van der Waals surface area (Å²) >= 11 is 1.73. The summed E-state index contributed by atoms with van der Waals surface area (Å²) in [7, 11) is 0. The van der Waals surface area contributed by atoms with Crippen LogP contribution < -0.4 is 9.47 Å². The van der Waals surface area contributed by atoms with E-state index in [1.807, 2.05) is 11.0 Å². The van der Waals surface area contributed by atoms with E-state index in [1.165, 1.54) is 5.01 Å². The van der Waals surface area contributed by atoms with E-state index in [1.54, 1.807) is 23.5 Å². The zero-order valence-corrected chi connectivity index (χ0v) is 15.1. The molecular formula is C18H21N3O3S. The fourth-order valence-corrected chi connectivity index (χ4v) is 3.87. The number of thiazole rings is 1. The van der Waals surface area contributed by atoms with Crippen molar-refractivity contribution in [2.75, 3.05) is 33.0 Å². The van der Waals surface area contributed by atoms with Crippen molar-refractivity contribution in [2.24, 2.45) is 0 Å². The average Bonchev–Trinajstić information content (AvgIpc) is 3.30. The van der Waals surface area contributed by atoms with Gasteiger partial charge in [-0.15, -0.1) is 11.3 Å². The predicted octanol–water partition coefficient (Wildman–Crippen LogP) is 2.39. The number of carbonyl (C=O) groups is 1. The van der Waals surface area contributed by atoms with Crippen LogP contribution in [0, 0.1) is 0 Å². The number of carbonyl (C=O) groups excluding carboxylic acids is 1. The van der Waals surface area contributed by atoms with Crippen LogP contribution in [0.4, 0.5) is 0 Å². The number of hydrogen-bond donors (Lipinski definition) is 0. The second kappa shape index (κ2) is 7.01. The van der Waals surface area contributed by atoms with Gasteiger partial charge in [0.2, 0.25) is 6.79 Å². The third-order valence-corrected chi connectivity index (χ3v) is 5.61. The normalized spacial score (nSPS) is 17.1. The van der Waals surface area contributed by atoms with Crippen LogP contribution in [0.5, 0.6) is 11.5 Å². The lowest BCUT2D eigenvalue weighted by molar-refractivity contribution is 0.0627. The van der Waals surface area contributed by atoms with Gasteiger partial charge in [-0.25, -0.2) is 4.98 Å². The first-order valence-corrected chi connectivity index (χ1v) is 9.45. The molecule has 1 aromatic heterocycles. The Morgan fingerprint density at radius 3 is 2.76 bits per heavy atom. The number of nitrogens with zero attached hydrogens (tertiary/aromatic N) is 3. The lowest BCUT2D eigenvalue weighted by atomic mass is 10.1. The highest BCUT2D eigenvalue weighted by molar-refractivity contribution is 7.09. The zero-order chi connectivity index (χ0) is 17.2. The molecule has 6 nitrogen and oxygen atoms in total. The van der Waals surface area contributed by atoms with Crippen molar-refractivity contribution in [2.45, 2.75) is 19.9 Å².